The summed E-state index contributed by atoms with van der Waals surface area (Å²) < 4.78 is 21.8. The summed E-state index contributed by atoms with van der Waals surface area (Å²) in [5.74, 6) is -3.19. The minimum absolute atomic E-state index is 0.129. The Morgan fingerprint density at radius 3 is 2.61 bits per heavy atom. The first-order chi connectivity index (χ1) is 14.3. The van der Waals surface area contributed by atoms with Crippen LogP contribution in [0.5, 0.6) is 0 Å². The second kappa shape index (κ2) is 6.69. The molecular weight excluding hydrogens is 403 g/mol. The van der Waals surface area contributed by atoms with Crippen molar-refractivity contribution in [3.63, 3.8) is 0 Å². The van der Waals surface area contributed by atoms with E-state index in [0.29, 0.717) is 12.0 Å². The van der Waals surface area contributed by atoms with E-state index in [9.17, 15) is 24.6 Å². The van der Waals surface area contributed by atoms with Crippen molar-refractivity contribution in [3.8, 4) is 0 Å². The number of carbonyl (C=O) groups excluding carboxylic acids is 3. The number of fused-ring (bicyclic) bond motifs is 5. The first kappa shape index (κ1) is 22.1. The van der Waals surface area contributed by atoms with Crippen molar-refractivity contribution in [2.45, 2.75) is 57.9 Å². The molecule has 2 fully saturated rings. The quantitative estimate of drug-likeness (QED) is 0.664. The second-order valence-electron chi connectivity index (χ2n) is 10.0. The lowest BCUT2D eigenvalue weighted by atomic mass is 9.46. The van der Waals surface area contributed by atoms with Crippen molar-refractivity contribution < 1.29 is 33.7 Å². The largest absolute Gasteiger partial charge is 0.458 e. The zero-order chi connectivity index (χ0) is 23.0. The van der Waals surface area contributed by atoms with E-state index in [1.165, 1.54) is 25.2 Å². The van der Waals surface area contributed by atoms with Gasteiger partial charge in [-0.05, 0) is 49.3 Å². The second-order valence-corrected chi connectivity index (χ2v) is 10.0. The number of allylic oxidation sites excluding steroid dienone is 6. The summed E-state index contributed by atoms with van der Waals surface area (Å²) >= 11 is 0. The van der Waals surface area contributed by atoms with Gasteiger partial charge in [-0.15, -0.1) is 0 Å². The highest BCUT2D eigenvalue weighted by atomic mass is 19.1. The molecule has 0 amide bonds. The van der Waals surface area contributed by atoms with Crippen LogP contribution in [0.2, 0.25) is 0 Å². The van der Waals surface area contributed by atoms with Crippen LogP contribution in [0.25, 0.3) is 0 Å². The molecule has 6 nitrogen and oxygen atoms in total. The topological polar surface area (TPSA) is 101 Å². The summed E-state index contributed by atoms with van der Waals surface area (Å²) in [6.45, 7) is 5.76. The molecule has 0 aromatic rings. The first-order valence-electron chi connectivity index (χ1n) is 10.7. The maximum atomic E-state index is 17.0. The van der Waals surface area contributed by atoms with Crippen molar-refractivity contribution in [2.24, 2.45) is 28.6 Å². The highest BCUT2D eigenvalue weighted by molar-refractivity contribution is 6.01. The molecule has 168 valence electrons. The van der Waals surface area contributed by atoms with Crippen LogP contribution in [0, 0.1) is 28.6 Å². The van der Waals surface area contributed by atoms with Crippen molar-refractivity contribution in [2.75, 3.05) is 6.61 Å². The molecule has 4 rings (SSSR count). The Kier molecular flexibility index (Phi) is 4.77. The number of Topliss-reactive ketones (excluding diaryl/α,β-unsaturated/α-hetero) is 1. The van der Waals surface area contributed by atoms with Crippen LogP contribution in [0.4, 0.5) is 4.39 Å². The summed E-state index contributed by atoms with van der Waals surface area (Å²) in [6.07, 6.45) is 6.44. The highest BCUT2D eigenvalue weighted by Gasteiger charge is 2.75. The number of aliphatic hydroxyl groups is 2. The van der Waals surface area contributed by atoms with Crippen LogP contribution in [0.1, 0.15) is 40.5 Å². The molecule has 0 aromatic carbocycles. The highest BCUT2D eigenvalue weighted by Crippen LogP contribution is 2.69. The number of ketones is 2. The van der Waals surface area contributed by atoms with E-state index >= 15 is 4.39 Å². The fraction of sp³-hybridized carbons (Fsp3) is 0.625. The number of aliphatic hydroxyl groups excluding tert-OH is 1. The van der Waals surface area contributed by atoms with Gasteiger partial charge in [-0.3, -0.25) is 14.4 Å². The number of esters is 1. The maximum Gasteiger partial charge on any atom is 0.303 e. The zero-order valence-corrected chi connectivity index (χ0v) is 18.2. The van der Waals surface area contributed by atoms with Crippen LogP contribution in [0.3, 0.4) is 0 Å². The number of halogens is 1. The number of rotatable bonds is 3. The third-order valence-electron chi connectivity index (χ3n) is 8.62. The van der Waals surface area contributed by atoms with Gasteiger partial charge in [-0.25, -0.2) is 4.39 Å². The van der Waals surface area contributed by atoms with Crippen molar-refractivity contribution in [1.29, 1.82) is 0 Å². The van der Waals surface area contributed by atoms with Crippen LogP contribution in [-0.2, 0) is 19.1 Å². The number of alkyl halides is 1. The standard InChI is InChI=1S/C24H29FO6/c1-13-9-18-17-6-5-15-10-16(27)7-8-21(15,3)23(17,25)19(28)11-22(18,4)24(13,30)20(29)12-31-14(2)26/h5-8,10,13,17-19,28,30H,9,11-12H2,1-4H3/t13-,17-,18-,19-,21-,22-,23-,24-/m0/s1. The van der Waals surface area contributed by atoms with Crippen molar-refractivity contribution in [3.05, 3.63) is 36.0 Å². The van der Waals surface area contributed by atoms with E-state index in [1.807, 2.05) is 0 Å². The molecule has 31 heavy (non-hydrogen) atoms. The van der Waals surface area contributed by atoms with Gasteiger partial charge in [0, 0.05) is 23.7 Å². The van der Waals surface area contributed by atoms with E-state index in [4.69, 9.17) is 4.74 Å². The fourth-order valence-electron chi connectivity index (χ4n) is 6.88. The van der Waals surface area contributed by atoms with E-state index < -0.39 is 64.3 Å². The number of ether oxygens (including phenoxy) is 1. The Balaban J connectivity index is 1.80. The predicted molar refractivity (Wildman–Crippen MR) is 109 cm³/mol. The van der Waals surface area contributed by atoms with E-state index in [-0.39, 0.29) is 12.2 Å². The smallest absolute Gasteiger partial charge is 0.303 e. The van der Waals surface area contributed by atoms with Gasteiger partial charge in [-0.2, -0.15) is 0 Å². The molecule has 0 radical (unpaired) electrons. The van der Waals surface area contributed by atoms with E-state index in [2.05, 4.69) is 0 Å². The zero-order valence-electron chi connectivity index (χ0n) is 18.2. The van der Waals surface area contributed by atoms with Crippen LogP contribution >= 0.6 is 0 Å². The molecule has 0 bridgehead atoms. The summed E-state index contributed by atoms with van der Waals surface area (Å²) in [5, 5.41) is 22.9. The molecule has 4 aliphatic carbocycles. The van der Waals surface area contributed by atoms with Gasteiger partial charge in [0.05, 0.1) is 6.10 Å². The summed E-state index contributed by atoms with van der Waals surface area (Å²) in [4.78, 5) is 36.1. The predicted octanol–water partition coefficient (Wildman–Crippen LogP) is 2.24. The number of hydrogen-bond donors (Lipinski definition) is 2. The molecule has 4 aliphatic rings. The van der Waals surface area contributed by atoms with Crippen molar-refractivity contribution >= 4 is 17.5 Å². The van der Waals surface area contributed by atoms with Gasteiger partial charge in [0.2, 0.25) is 5.78 Å². The Morgan fingerprint density at radius 2 is 1.97 bits per heavy atom. The lowest BCUT2D eigenvalue weighted by Gasteiger charge is -2.60. The third kappa shape index (κ3) is 2.59. The Bertz CT molecular complexity index is 952. The van der Waals surface area contributed by atoms with E-state index in [1.54, 1.807) is 32.9 Å². The molecular formula is C24H29FO6. The monoisotopic (exact) mass is 432 g/mol. The minimum atomic E-state index is -2.10. The van der Waals surface area contributed by atoms with Gasteiger partial charge in [0.15, 0.2) is 18.1 Å². The van der Waals surface area contributed by atoms with Crippen molar-refractivity contribution in [1.82, 2.24) is 0 Å². The van der Waals surface area contributed by atoms with Gasteiger partial charge < -0.3 is 14.9 Å². The van der Waals surface area contributed by atoms with Gasteiger partial charge in [-0.1, -0.05) is 32.1 Å². The third-order valence-corrected chi connectivity index (χ3v) is 8.62. The fourth-order valence-corrected chi connectivity index (χ4v) is 6.88. The minimum Gasteiger partial charge on any atom is -0.458 e. The molecule has 8 atom stereocenters. The maximum absolute atomic E-state index is 17.0. The Hall–Kier alpha value is -2.12. The van der Waals surface area contributed by atoms with Crippen LogP contribution < -0.4 is 0 Å². The summed E-state index contributed by atoms with van der Waals surface area (Å²) in [6, 6.07) is 0. The Labute approximate surface area is 180 Å². The van der Waals surface area contributed by atoms with Gasteiger partial charge >= 0.3 is 5.97 Å². The lowest BCUT2D eigenvalue weighted by molar-refractivity contribution is -0.206. The van der Waals surface area contributed by atoms with Crippen LogP contribution in [0.15, 0.2) is 36.0 Å². The molecule has 0 spiro atoms. The molecule has 0 aromatic heterocycles. The molecule has 2 N–H and O–H groups in total. The molecule has 0 saturated heterocycles. The van der Waals surface area contributed by atoms with Gasteiger partial charge in [0.1, 0.15) is 5.60 Å². The molecule has 0 heterocycles. The van der Waals surface area contributed by atoms with E-state index in [0.717, 1.165) is 0 Å². The molecule has 0 aliphatic heterocycles. The van der Waals surface area contributed by atoms with Crippen LogP contribution in [-0.4, -0.2) is 51.7 Å². The average molecular weight is 432 g/mol. The average Bonchev–Trinajstić information content (AvgIpc) is 2.89. The Morgan fingerprint density at radius 1 is 1.29 bits per heavy atom. The lowest BCUT2D eigenvalue weighted by Crippen LogP contribution is -2.68. The molecule has 0 unspecified atom stereocenters. The summed E-state index contributed by atoms with van der Waals surface area (Å²) in [5.41, 5.74) is -5.77. The molecule has 7 heteroatoms. The number of carbonyl (C=O) groups is 3. The SMILES string of the molecule is CC(=O)OCC(=O)[C@@]1(O)[C@@H](C)C[C@H]2[C@@H]3C=CC4=CC(=O)C=C[C@]4(C)[C@@]3(F)[C@@H](O)C[C@@]21C. The first-order valence-corrected chi connectivity index (χ1v) is 10.7. The number of hydrogen-bond acceptors (Lipinski definition) is 6. The normalized spacial score (nSPS) is 47.8. The molecule has 2 saturated carbocycles. The summed E-state index contributed by atoms with van der Waals surface area (Å²) in [7, 11) is 0. The van der Waals surface area contributed by atoms with Gasteiger partial charge in [0.25, 0.3) is 0 Å².